The van der Waals surface area contributed by atoms with E-state index in [-0.39, 0.29) is 11.7 Å². The highest BCUT2D eigenvalue weighted by Gasteiger charge is 2.14. The Morgan fingerprint density at radius 1 is 1.15 bits per heavy atom. The number of hydrogen-bond acceptors (Lipinski definition) is 4. The molecular weight excluding hydrogens is 436 g/mol. The van der Waals surface area contributed by atoms with E-state index < -0.39 is 0 Å². The van der Waals surface area contributed by atoms with Gasteiger partial charge in [0.25, 0.3) is 0 Å². The van der Waals surface area contributed by atoms with Crippen molar-refractivity contribution in [2.45, 2.75) is 18.6 Å². The van der Waals surface area contributed by atoms with Crippen LogP contribution < -0.4 is 5.32 Å². The second-order valence-corrected chi connectivity index (χ2v) is 7.70. The van der Waals surface area contributed by atoms with Gasteiger partial charge in [0.15, 0.2) is 11.0 Å². The normalized spacial score (nSPS) is 10.7. The van der Waals surface area contributed by atoms with Crippen molar-refractivity contribution in [2.24, 2.45) is 0 Å². The third-order valence-corrected chi connectivity index (χ3v) is 5.34. The fourth-order valence-electron chi connectivity index (χ4n) is 2.35. The first-order valence-electron chi connectivity index (χ1n) is 7.94. The highest BCUT2D eigenvalue weighted by Crippen LogP contribution is 2.25. The molecule has 0 spiro atoms. The Bertz CT molecular complexity index is 897. The zero-order valence-electron chi connectivity index (χ0n) is 13.9. The molecule has 5 nitrogen and oxygen atoms in total. The van der Waals surface area contributed by atoms with E-state index in [1.165, 1.54) is 11.8 Å². The molecule has 0 bridgehead atoms. The van der Waals surface area contributed by atoms with Crippen molar-refractivity contribution in [3.8, 4) is 11.4 Å². The van der Waals surface area contributed by atoms with Gasteiger partial charge < -0.3 is 9.88 Å². The summed E-state index contributed by atoms with van der Waals surface area (Å²) in [4.78, 5) is 12.2. The summed E-state index contributed by atoms with van der Waals surface area (Å²) in [5.74, 6) is 0.940. The molecule has 0 atom stereocenters. The predicted molar refractivity (Wildman–Crippen MR) is 110 cm³/mol. The van der Waals surface area contributed by atoms with Gasteiger partial charge in [0.1, 0.15) is 0 Å². The van der Waals surface area contributed by atoms with Crippen LogP contribution in [0.5, 0.6) is 0 Å². The molecule has 3 aromatic rings. The Balaban J connectivity index is 1.67. The van der Waals surface area contributed by atoms with Crippen molar-refractivity contribution < 1.29 is 4.79 Å². The maximum absolute atomic E-state index is 12.2. The molecule has 0 saturated carbocycles. The molecule has 0 unspecified atom stereocenters. The number of halogens is 2. The Labute approximate surface area is 169 Å². The lowest BCUT2D eigenvalue weighted by Crippen LogP contribution is -2.14. The number of nitrogens with zero attached hydrogens (tertiary/aromatic N) is 3. The van der Waals surface area contributed by atoms with E-state index in [4.69, 9.17) is 11.6 Å². The number of carbonyl (C=O) groups excluding carboxylic acids is 1. The number of benzene rings is 2. The molecule has 0 aliphatic carbocycles. The number of anilines is 1. The summed E-state index contributed by atoms with van der Waals surface area (Å²) in [6.07, 6.45) is 0. The van der Waals surface area contributed by atoms with Crippen molar-refractivity contribution in [3.63, 3.8) is 0 Å². The zero-order chi connectivity index (χ0) is 18.5. The summed E-state index contributed by atoms with van der Waals surface area (Å²) in [5, 5.41) is 12.7. The molecule has 1 aromatic heterocycles. The summed E-state index contributed by atoms with van der Waals surface area (Å²) >= 11 is 10.6. The number of thioether (sulfide) groups is 1. The summed E-state index contributed by atoms with van der Waals surface area (Å²) in [6.45, 7) is 2.75. The fourth-order valence-corrected chi connectivity index (χ4v) is 3.55. The maximum Gasteiger partial charge on any atom is 0.234 e. The monoisotopic (exact) mass is 450 g/mol. The van der Waals surface area contributed by atoms with Crippen LogP contribution in [-0.2, 0) is 11.3 Å². The molecule has 1 N–H and O–H groups in total. The minimum absolute atomic E-state index is 0.104. The Morgan fingerprint density at radius 3 is 2.50 bits per heavy atom. The van der Waals surface area contributed by atoms with Crippen LogP contribution in [0.15, 0.2) is 58.2 Å². The smallest absolute Gasteiger partial charge is 0.234 e. The maximum atomic E-state index is 12.2. The number of nitrogens with one attached hydrogen (secondary N) is 1. The van der Waals surface area contributed by atoms with Crippen molar-refractivity contribution in [3.05, 3.63) is 58.0 Å². The molecule has 2 aromatic carbocycles. The van der Waals surface area contributed by atoms with E-state index in [1.54, 1.807) is 24.3 Å². The van der Waals surface area contributed by atoms with Gasteiger partial charge in [0.05, 0.1) is 5.75 Å². The third-order valence-electron chi connectivity index (χ3n) is 3.60. The van der Waals surface area contributed by atoms with E-state index in [0.29, 0.717) is 10.7 Å². The van der Waals surface area contributed by atoms with Crippen LogP contribution in [-0.4, -0.2) is 26.4 Å². The van der Waals surface area contributed by atoms with Crippen molar-refractivity contribution in [2.75, 3.05) is 11.1 Å². The number of hydrogen-bond donors (Lipinski definition) is 1. The first-order chi connectivity index (χ1) is 12.6. The van der Waals surface area contributed by atoms with Crippen LogP contribution in [0.3, 0.4) is 0 Å². The molecule has 0 radical (unpaired) electrons. The summed E-state index contributed by atoms with van der Waals surface area (Å²) in [5.41, 5.74) is 1.70. The summed E-state index contributed by atoms with van der Waals surface area (Å²) in [7, 11) is 0. The molecule has 0 fully saturated rings. The van der Waals surface area contributed by atoms with Crippen LogP contribution in [0.1, 0.15) is 6.92 Å². The number of amides is 1. The van der Waals surface area contributed by atoms with Crippen LogP contribution in [0, 0.1) is 0 Å². The van der Waals surface area contributed by atoms with E-state index in [9.17, 15) is 4.79 Å². The van der Waals surface area contributed by atoms with Gasteiger partial charge in [-0.25, -0.2) is 0 Å². The first-order valence-corrected chi connectivity index (χ1v) is 10.1. The average Bonchev–Trinajstić information content (AvgIpc) is 3.05. The SMILES string of the molecule is CCn1c(SCC(=O)Nc2ccc(Cl)cc2)nnc1-c1ccc(Br)cc1. The highest BCUT2D eigenvalue weighted by molar-refractivity contribution is 9.10. The van der Waals surface area contributed by atoms with Gasteiger partial charge in [-0.3, -0.25) is 4.79 Å². The largest absolute Gasteiger partial charge is 0.325 e. The van der Waals surface area contributed by atoms with Crippen LogP contribution in [0.2, 0.25) is 5.02 Å². The molecule has 1 amide bonds. The molecule has 8 heteroatoms. The Kier molecular flexibility index (Phi) is 6.34. The van der Waals surface area contributed by atoms with Gasteiger partial charge >= 0.3 is 0 Å². The molecule has 3 rings (SSSR count). The lowest BCUT2D eigenvalue weighted by Gasteiger charge is -2.08. The number of aromatic nitrogens is 3. The lowest BCUT2D eigenvalue weighted by molar-refractivity contribution is -0.113. The van der Waals surface area contributed by atoms with Crippen LogP contribution in [0.25, 0.3) is 11.4 Å². The molecule has 1 heterocycles. The van der Waals surface area contributed by atoms with Gasteiger partial charge in [-0.15, -0.1) is 10.2 Å². The third kappa shape index (κ3) is 4.66. The Morgan fingerprint density at radius 2 is 1.85 bits per heavy atom. The minimum atomic E-state index is -0.104. The van der Waals surface area contributed by atoms with E-state index >= 15 is 0 Å². The standard InChI is InChI=1S/C18H16BrClN4OS/c1-2-24-17(12-3-5-13(19)6-4-12)22-23-18(24)26-11-16(25)21-15-9-7-14(20)8-10-15/h3-10H,2,11H2,1H3,(H,21,25). The quantitative estimate of drug-likeness (QED) is 0.529. The van der Waals surface area contributed by atoms with Crippen LogP contribution in [0.4, 0.5) is 5.69 Å². The minimum Gasteiger partial charge on any atom is -0.325 e. The fraction of sp³-hybridized carbons (Fsp3) is 0.167. The van der Waals surface area contributed by atoms with Gasteiger partial charge in [-0.1, -0.05) is 51.4 Å². The topological polar surface area (TPSA) is 59.8 Å². The van der Waals surface area contributed by atoms with Crippen molar-refractivity contribution >= 4 is 50.9 Å². The zero-order valence-corrected chi connectivity index (χ0v) is 17.1. The van der Waals surface area contributed by atoms with Crippen molar-refractivity contribution in [1.82, 2.24) is 14.8 Å². The van der Waals surface area contributed by atoms with Gasteiger partial charge in [-0.05, 0) is 43.3 Å². The van der Waals surface area contributed by atoms with E-state index in [0.717, 1.165) is 27.6 Å². The molecular formula is C18H16BrClN4OS. The van der Waals surface area contributed by atoms with Crippen LogP contribution >= 0.6 is 39.3 Å². The average molecular weight is 452 g/mol. The van der Waals surface area contributed by atoms with E-state index in [2.05, 4.69) is 31.4 Å². The van der Waals surface area contributed by atoms with Gasteiger partial charge in [0, 0.05) is 27.3 Å². The first kappa shape index (κ1) is 18.9. The molecule has 0 saturated heterocycles. The summed E-state index contributed by atoms with van der Waals surface area (Å²) in [6, 6.07) is 14.9. The number of rotatable bonds is 6. The van der Waals surface area contributed by atoms with Crippen molar-refractivity contribution in [1.29, 1.82) is 0 Å². The second-order valence-electron chi connectivity index (χ2n) is 5.40. The molecule has 26 heavy (non-hydrogen) atoms. The molecule has 0 aliphatic heterocycles. The van der Waals surface area contributed by atoms with Gasteiger partial charge in [-0.2, -0.15) is 0 Å². The lowest BCUT2D eigenvalue weighted by atomic mass is 10.2. The predicted octanol–water partition coefficient (Wildman–Crippen LogP) is 5.11. The highest BCUT2D eigenvalue weighted by atomic mass is 79.9. The number of carbonyl (C=O) groups is 1. The second kappa shape index (κ2) is 8.70. The van der Waals surface area contributed by atoms with Gasteiger partial charge in [0.2, 0.25) is 5.91 Å². The van der Waals surface area contributed by atoms with E-state index in [1.807, 2.05) is 35.8 Å². The molecule has 0 aliphatic rings. The Hall–Kier alpha value is -1.83. The summed E-state index contributed by atoms with van der Waals surface area (Å²) < 4.78 is 3.01. The molecule has 134 valence electrons.